The molecule has 0 aliphatic carbocycles. The molecule has 0 fully saturated rings. The predicted molar refractivity (Wildman–Crippen MR) is 55.8 cm³/mol. The quantitative estimate of drug-likeness (QED) is 0.257. The van der Waals surface area contributed by atoms with Gasteiger partial charge in [0.1, 0.15) is 0 Å². The zero-order valence-corrected chi connectivity index (χ0v) is 9.93. The van der Waals surface area contributed by atoms with Crippen LogP contribution in [0.2, 0.25) is 25.7 Å². The Hall–Kier alpha value is -1.62. The van der Waals surface area contributed by atoms with E-state index in [1.807, 2.05) is 0 Å². The standard InChI is InChI=1S/C7H13N3O4Si/c1-15(2,3)5-4-14-7(11)6(9-8)10(12)13/h4-5H2,1-3H3/p+1. The van der Waals surface area contributed by atoms with Crippen LogP contribution in [0.15, 0.2) is 11.8 Å². The molecule has 0 saturated carbocycles. The molecule has 0 unspecified atom stereocenters. The van der Waals surface area contributed by atoms with Crippen LogP contribution >= 0.6 is 0 Å². The minimum atomic E-state index is -1.32. The Bertz CT molecular complexity index is 315. The Morgan fingerprint density at radius 2 is 2.13 bits per heavy atom. The molecule has 15 heavy (non-hydrogen) atoms. The number of hydrogen-bond donors (Lipinski definition) is 1. The number of diazo groups is 1. The number of nitrogens with zero attached hydrogens (tertiary/aromatic N) is 3. The van der Waals surface area contributed by atoms with Crippen molar-refractivity contribution in [3.05, 3.63) is 26.9 Å². The predicted octanol–water partition coefficient (Wildman–Crippen LogP) is 2.16. The topological polar surface area (TPSA) is 101 Å². The van der Waals surface area contributed by atoms with Gasteiger partial charge in [-0.05, 0) is 6.04 Å². The Morgan fingerprint density at radius 1 is 1.60 bits per heavy atom. The fourth-order valence-corrected chi connectivity index (χ4v) is 1.39. The Morgan fingerprint density at radius 3 is 2.47 bits per heavy atom. The second-order valence-electron chi connectivity index (χ2n) is 4.14. The Labute approximate surface area is 88.1 Å². The molecule has 7 nitrogen and oxygen atoms in total. The van der Waals surface area contributed by atoms with Crippen LogP contribution in [0.5, 0.6) is 0 Å². The molecule has 84 valence electrons. The highest BCUT2D eigenvalue weighted by Gasteiger charge is 2.35. The van der Waals surface area contributed by atoms with Gasteiger partial charge in [-0.25, -0.2) is 0 Å². The van der Waals surface area contributed by atoms with Crippen LogP contribution in [0.4, 0.5) is 0 Å². The molecule has 0 aliphatic rings. The second-order valence-corrected chi connectivity index (χ2v) is 9.77. The first-order chi connectivity index (χ1) is 6.78. The number of nitro groups is 1. The SMILES string of the molecule is C[Si](C)(C)CCOC(O)=C([N+]#N)[N+](=O)[O-]. The first-order valence-electron chi connectivity index (χ1n) is 4.33. The van der Waals surface area contributed by atoms with Crippen LogP contribution < -0.4 is 0 Å². The van der Waals surface area contributed by atoms with E-state index in [9.17, 15) is 10.1 Å². The molecule has 0 atom stereocenters. The summed E-state index contributed by atoms with van der Waals surface area (Å²) in [7, 11) is -1.32. The van der Waals surface area contributed by atoms with Crippen LogP contribution in [0.3, 0.4) is 0 Å². The van der Waals surface area contributed by atoms with Gasteiger partial charge >= 0.3 is 11.8 Å². The summed E-state index contributed by atoms with van der Waals surface area (Å²) in [5.74, 6) is -2.04. The molecule has 0 rings (SSSR count). The molecule has 1 N–H and O–H groups in total. The summed E-state index contributed by atoms with van der Waals surface area (Å²) in [6.07, 6.45) is 0. The van der Waals surface area contributed by atoms with Gasteiger partial charge < -0.3 is 9.84 Å². The fourth-order valence-electron chi connectivity index (χ4n) is 0.676. The summed E-state index contributed by atoms with van der Waals surface area (Å²) in [6, 6.07) is 0.744. The maximum absolute atomic E-state index is 10.2. The first-order valence-corrected chi connectivity index (χ1v) is 8.04. The molecule has 0 aromatic rings. The first kappa shape index (κ1) is 13.4. The number of aliphatic hydroxyl groups is 1. The summed E-state index contributed by atoms with van der Waals surface area (Å²) >= 11 is 0. The molecule has 0 aromatic heterocycles. The lowest BCUT2D eigenvalue weighted by Gasteiger charge is -2.14. The number of hydrogen-bond acceptors (Lipinski definition) is 5. The van der Waals surface area contributed by atoms with Crippen molar-refractivity contribution in [2.75, 3.05) is 6.61 Å². The van der Waals surface area contributed by atoms with Crippen molar-refractivity contribution < 1.29 is 14.8 Å². The van der Waals surface area contributed by atoms with Gasteiger partial charge in [-0.2, -0.15) is 0 Å². The minimum absolute atomic E-state index is 0.175. The lowest BCUT2D eigenvalue weighted by atomic mass is 10.7. The van der Waals surface area contributed by atoms with Crippen molar-refractivity contribution >= 4 is 8.07 Å². The van der Waals surface area contributed by atoms with E-state index in [0.29, 0.717) is 0 Å². The van der Waals surface area contributed by atoms with Crippen molar-refractivity contribution in [2.24, 2.45) is 0 Å². The van der Waals surface area contributed by atoms with E-state index in [1.165, 1.54) is 0 Å². The van der Waals surface area contributed by atoms with Crippen LogP contribution in [-0.2, 0) is 4.74 Å². The summed E-state index contributed by atoms with van der Waals surface area (Å²) in [5, 5.41) is 27.5. The highest BCUT2D eigenvalue weighted by molar-refractivity contribution is 6.76. The summed E-state index contributed by atoms with van der Waals surface area (Å²) in [6.45, 7) is 6.47. The monoisotopic (exact) mass is 232 g/mol. The zero-order chi connectivity index (χ0) is 12.1. The van der Waals surface area contributed by atoms with Gasteiger partial charge in [0, 0.05) is 8.07 Å². The summed E-state index contributed by atoms with van der Waals surface area (Å²) < 4.78 is 4.71. The van der Waals surface area contributed by atoms with Gasteiger partial charge in [-0.15, -0.1) is 0 Å². The van der Waals surface area contributed by atoms with Gasteiger partial charge in [0.2, 0.25) is 5.39 Å². The molecule has 0 bridgehead atoms. The van der Waals surface area contributed by atoms with E-state index < -0.39 is 24.8 Å². The molecular formula is C7H14N3O4Si+. The Balaban J connectivity index is 4.31. The van der Waals surface area contributed by atoms with Gasteiger partial charge in [0.15, 0.2) is 4.92 Å². The molecule has 0 amide bonds. The number of aliphatic hydroxyl groups excluding tert-OH is 1. The second kappa shape index (κ2) is 5.31. The van der Waals surface area contributed by atoms with Crippen molar-refractivity contribution in [1.82, 2.24) is 0 Å². The number of rotatable bonds is 5. The van der Waals surface area contributed by atoms with E-state index in [-0.39, 0.29) is 6.61 Å². The Kier molecular flexibility index (Phi) is 4.73. The van der Waals surface area contributed by atoms with Crippen molar-refractivity contribution in [3.8, 4) is 0 Å². The minimum Gasteiger partial charge on any atom is -0.470 e. The van der Waals surface area contributed by atoms with E-state index in [1.54, 1.807) is 0 Å². The lowest BCUT2D eigenvalue weighted by molar-refractivity contribution is -0.425. The van der Waals surface area contributed by atoms with Gasteiger partial charge in [0.25, 0.3) is 4.98 Å². The summed E-state index contributed by atoms with van der Waals surface area (Å²) in [4.78, 5) is 11.5. The van der Waals surface area contributed by atoms with Crippen LogP contribution in [0, 0.1) is 15.5 Å². The molecule has 0 aromatic carbocycles. The third-order valence-electron chi connectivity index (χ3n) is 1.55. The zero-order valence-electron chi connectivity index (χ0n) is 8.93. The fraction of sp³-hybridized carbons (Fsp3) is 0.714. The summed E-state index contributed by atoms with van der Waals surface area (Å²) in [5.41, 5.74) is 0. The van der Waals surface area contributed by atoms with Gasteiger partial charge in [-0.1, -0.05) is 19.6 Å². The molecule has 0 saturated heterocycles. The van der Waals surface area contributed by atoms with Crippen molar-refractivity contribution in [3.63, 3.8) is 0 Å². The lowest BCUT2D eigenvalue weighted by Crippen LogP contribution is -2.21. The maximum Gasteiger partial charge on any atom is 0.747 e. The van der Waals surface area contributed by atoms with E-state index >= 15 is 0 Å². The van der Waals surface area contributed by atoms with E-state index in [0.717, 1.165) is 6.04 Å². The molecule has 0 heterocycles. The third kappa shape index (κ3) is 5.64. The average molecular weight is 232 g/mol. The third-order valence-corrected chi connectivity index (χ3v) is 3.25. The van der Waals surface area contributed by atoms with E-state index in [4.69, 9.17) is 15.2 Å². The maximum atomic E-state index is 10.2. The molecule has 0 spiro atoms. The van der Waals surface area contributed by atoms with Crippen LogP contribution in [-0.4, -0.2) is 24.7 Å². The van der Waals surface area contributed by atoms with Crippen LogP contribution in [0.25, 0.3) is 4.98 Å². The highest BCUT2D eigenvalue weighted by atomic mass is 28.3. The molecular weight excluding hydrogens is 218 g/mol. The molecule has 8 heteroatoms. The van der Waals surface area contributed by atoms with Crippen molar-refractivity contribution in [1.29, 1.82) is 5.39 Å². The molecule has 0 radical (unpaired) electrons. The largest absolute Gasteiger partial charge is 0.747 e. The smallest absolute Gasteiger partial charge is 0.470 e. The number of ether oxygens (including phenoxy) is 1. The average Bonchev–Trinajstić information content (AvgIpc) is 2.01. The molecule has 0 aliphatic heterocycles. The van der Waals surface area contributed by atoms with E-state index in [2.05, 4.69) is 24.6 Å². The van der Waals surface area contributed by atoms with Gasteiger partial charge in [-0.3, -0.25) is 10.1 Å². The normalized spacial score (nSPS) is 12.7. The highest BCUT2D eigenvalue weighted by Crippen LogP contribution is 2.11. The van der Waals surface area contributed by atoms with Crippen LogP contribution in [0.1, 0.15) is 0 Å². The van der Waals surface area contributed by atoms with Gasteiger partial charge in [0.05, 0.1) is 6.61 Å². The van der Waals surface area contributed by atoms with Crippen molar-refractivity contribution in [2.45, 2.75) is 25.7 Å².